The molecule has 4 nitrogen and oxygen atoms in total. The van der Waals surface area contributed by atoms with Gasteiger partial charge in [0.2, 0.25) is 11.8 Å². The van der Waals surface area contributed by atoms with Gasteiger partial charge in [0.1, 0.15) is 6.26 Å². The molecule has 0 aliphatic rings. The number of hydrogen-bond acceptors (Lipinski definition) is 4. The second-order valence-corrected chi connectivity index (χ2v) is 2.02. The highest BCUT2D eigenvalue weighted by Gasteiger charge is 2.14. The summed E-state index contributed by atoms with van der Waals surface area (Å²) < 4.78 is 4.85. The maximum absolute atomic E-state index is 8.42. The fourth-order valence-electron chi connectivity index (χ4n) is 0.644. The van der Waals surface area contributed by atoms with E-state index >= 15 is 0 Å². The summed E-state index contributed by atoms with van der Waals surface area (Å²) in [4.78, 5) is 3.84. The minimum atomic E-state index is -0.885. The van der Waals surface area contributed by atoms with Crippen LogP contribution in [-0.4, -0.2) is 4.98 Å². The van der Waals surface area contributed by atoms with Crippen LogP contribution in [0.15, 0.2) is 10.7 Å². The van der Waals surface area contributed by atoms with Crippen molar-refractivity contribution in [1.82, 2.24) is 4.98 Å². The maximum atomic E-state index is 8.42. The molecule has 1 heterocycles. The Labute approximate surface area is 63.7 Å². The average Bonchev–Trinajstić information content (AvgIpc) is 2.39. The van der Waals surface area contributed by atoms with Crippen LogP contribution in [0, 0.1) is 29.6 Å². The molecule has 4 heteroatoms. The van der Waals surface area contributed by atoms with Crippen molar-refractivity contribution in [3.8, 4) is 12.1 Å². The van der Waals surface area contributed by atoms with E-state index in [1.807, 2.05) is 0 Å². The first-order valence-corrected chi connectivity index (χ1v) is 2.99. The van der Waals surface area contributed by atoms with Crippen molar-refractivity contribution < 1.29 is 4.42 Å². The monoisotopic (exact) mass is 147 g/mol. The molecule has 0 saturated carbocycles. The van der Waals surface area contributed by atoms with Crippen LogP contribution >= 0.6 is 0 Å². The predicted octanol–water partition coefficient (Wildman–Crippen LogP) is 1.11. The minimum Gasteiger partial charge on any atom is -0.446 e. The summed E-state index contributed by atoms with van der Waals surface area (Å²) in [6.45, 7) is 1.73. The molecule has 0 fully saturated rings. The number of nitriles is 2. The van der Waals surface area contributed by atoms with Gasteiger partial charge in [0.15, 0.2) is 0 Å². The number of aryl methyl sites for hydroxylation is 1. The van der Waals surface area contributed by atoms with Gasteiger partial charge in [0.25, 0.3) is 0 Å². The molecular weight excluding hydrogens is 142 g/mol. The topological polar surface area (TPSA) is 73.6 Å². The molecule has 0 N–H and O–H groups in total. The third kappa shape index (κ3) is 1.36. The lowest BCUT2D eigenvalue weighted by atomic mass is 10.2. The molecule has 1 aromatic heterocycles. The summed E-state index contributed by atoms with van der Waals surface area (Å²) in [5.74, 6) is -0.712. The van der Waals surface area contributed by atoms with Crippen LogP contribution in [-0.2, 0) is 0 Å². The van der Waals surface area contributed by atoms with Gasteiger partial charge in [-0.15, -0.1) is 0 Å². The van der Waals surface area contributed by atoms with Gasteiger partial charge in [0.05, 0.1) is 17.8 Å². The first kappa shape index (κ1) is 7.30. The summed E-state index contributed by atoms with van der Waals surface area (Å²) in [7, 11) is 0. The highest BCUT2D eigenvalue weighted by atomic mass is 16.3. The molecular formula is C7H5N3O. The second kappa shape index (κ2) is 2.85. The Kier molecular flexibility index (Phi) is 1.89. The van der Waals surface area contributed by atoms with E-state index in [0.29, 0.717) is 5.69 Å². The zero-order valence-electron chi connectivity index (χ0n) is 5.90. The summed E-state index contributed by atoms with van der Waals surface area (Å²) in [6, 6.07) is 3.53. The number of nitrogens with zero attached hydrogens (tertiary/aromatic N) is 3. The Morgan fingerprint density at radius 3 is 2.55 bits per heavy atom. The lowest BCUT2D eigenvalue weighted by molar-refractivity contribution is 0.498. The number of oxazole rings is 1. The van der Waals surface area contributed by atoms with Crippen molar-refractivity contribution in [2.75, 3.05) is 0 Å². The van der Waals surface area contributed by atoms with Crippen LogP contribution in [0.4, 0.5) is 0 Å². The molecule has 0 aromatic carbocycles. The Balaban J connectivity index is 2.95. The van der Waals surface area contributed by atoms with Crippen molar-refractivity contribution in [1.29, 1.82) is 10.5 Å². The predicted molar refractivity (Wildman–Crippen MR) is 35.2 cm³/mol. The molecule has 0 atom stereocenters. The Hall–Kier alpha value is -1.81. The fourth-order valence-corrected chi connectivity index (χ4v) is 0.644. The van der Waals surface area contributed by atoms with E-state index in [2.05, 4.69) is 4.98 Å². The molecule has 0 unspecified atom stereocenters. The van der Waals surface area contributed by atoms with Crippen LogP contribution in [0.25, 0.3) is 0 Å². The van der Waals surface area contributed by atoms with Gasteiger partial charge in [0, 0.05) is 0 Å². The van der Waals surface area contributed by atoms with E-state index in [0.717, 1.165) is 0 Å². The molecule has 1 rings (SSSR count). The third-order valence-electron chi connectivity index (χ3n) is 1.14. The van der Waals surface area contributed by atoms with Crippen LogP contribution in [0.5, 0.6) is 0 Å². The Bertz CT molecular complexity index is 314. The van der Waals surface area contributed by atoms with Crippen molar-refractivity contribution in [3.05, 3.63) is 17.8 Å². The Morgan fingerprint density at radius 1 is 1.55 bits per heavy atom. The molecule has 0 saturated heterocycles. The summed E-state index contributed by atoms with van der Waals surface area (Å²) >= 11 is 0. The average molecular weight is 147 g/mol. The standard InChI is InChI=1S/C7H5N3O/c1-5-4-11-7(10-5)6(2-8)3-9/h4,6H,1H3. The first-order chi connectivity index (χ1) is 5.27. The molecule has 54 valence electrons. The van der Waals surface area contributed by atoms with Gasteiger partial charge in [-0.1, -0.05) is 0 Å². The van der Waals surface area contributed by atoms with Crippen molar-refractivity contribution in [2.24, 2.45) is 0 Å². The summed E-state index contributed by atoms with van der Waals surface area (Å²) in [6.07, 6.45) is 1.41. The molecule has 1 aromatic rings. The molecule has 11 heavy (non-hydrogen) atoms. The molecule has 0 aliphatic carbocycles. The first-order valence-electron chi connectivity index (χ1n) is 2.99. The van der Waals surface area contributed by atoms with Crippen LogP contribution < -0.4 is 0 Å². The Morgan fingerprint density at radius 2 is 2.18 bits per heavy atom. The quantitative estimate of drug-likeness (QED) is 0.596. The molecule has 0 spiro atoms. The minimum absolute atomic E-state index is 0.174. The smallest absolute Gasteiger partial charge is 0.226 e. The van der Waals surface area contributed by atoms with Crippen molar-refractivity contribution >= 4 is 0 Å². The number of rotatable bonds is 1. The second-order valence-electron chi connectivity index (χ2n) is 2.02. The van der Waals surface area contributed by atoms with Crippen molar-refractivity contribution in [2.45, 2.75) is 12.8 Å². The van der Waals surface area contributed by atoms with Gasteiger partial charge in [-0.3, -0.25) is 0 Å². The highest BCUT2D eigenvalue weighted by molar-refractivity contribution is 5.17. The fraction of sp³-hybridized carbons (Fsp3) is 0.286. The largest absolute Gasteiger partial charge is 0.446 e. The SMILES string of the molecule is Cc1coc(C(C#N)C#N)n1. The van der Waals surface area contributed by atoms with Gasteiger partial charge < -0.3 is 4.42 Å². The molecule has 0 aliphatic heterocycles. The molecule has 0 bridgehead atoms. The summed E-state index contributed by atoms with van der Waals surface area (Å²) in [5.41, 5.74) is 0.676. The normalized spacial score (nSPS) is 9.09. The van der Waals surface area contributed by atoms with Crippen LogP contribution in [0.1, 0.15) is 17.5 Å². The van der Waals surface area contributed by atoms with E-state index in [9.17, 15) is 0 Å². The van der Waals surface area contributed by atoms with E-state index in [-0.39, 0.29) is 5.89 Å². The van der Waals surface area contributed by atoms with E-state index in [4.69, 9.17) is 14.9 Å². The number of hydrogen-bond donors (Lipinski definition) is 0. The van der Waals surface area contributed by atoms with E-state index < -0.39 is 5.92 Å². The molecule has 0 amide bonds. The maximum Gasteiger partial charge on any atom is 0.226 e. The highest BCUT2D eigenvalue weighted by Crippen LogP contribution is 2.12. The van der Waals surface area contributed by atoms with Gasteiger partial charge in [-0.2, -0.15) is 10.5 Å². The zero-order valence-corrected chi connectivity index (χ0v) is 5.90. The van der Waals surface area contributed by atoms with E-state index in [1.54, 1.807) is 19.1 Å². The van der Waals surface area contributed by atoms with Gasteiger partial charge >= 0.3 is 0 Å². The van der Waals surface area contributed by atoms with Crippen LogP contribution in [0.2, 0.25) is 0 Å². The van der Waals surface area contributed by atoms with Gasteiger partial charge in [-0.25, -0.2) is 4.98 Å². The van der Waals surface area contributed by atoms with Crippen LogP contribution in [0.3, 0.4) is 0 Å². The van der Waals surface area contributed by atoms with Gasteiger partial charge in [-0.05, 0) is 6.92 Å². The van der Waals surface area contributed by atoms with Crippen molar-refractivity contribution in [3.63, 3.8) is 0 Å². The number of aromatic nitrogens is 1. The van der Waals surface area contributed by atoms with E-state index in [1.165, 1.54) is 6.26 Å². The lowest BCUT2D eigenvalue weighted by Crippen LogP contribution is -1.91. The summed E-state index contributed by atoms with van der Waals surface area (Å²) in [5, 5.41) is 16.8. The lowest BCUT2D eigenvalue weighted by Gasteiger charge is -1.87. The molecule has 0 radical (unpaired) electrons. The zero-order chi connectivity index (χ0) is 8.27. The third-order valence-corrected chi connectivity index (χ3v) is 1.14.